The van der Waals surface area contributed by atoms with E-state index in [2.05, 4.69) is 25.7 Å². The number of likely N-dealkylation sites (N-methyl/N-ethyl adjacent to an activating group) is 1. The topological polar surface area (TPSA) is 70.2 Å². The summed E-state index contributed by atoms with van der Waals surface area (Å²) in [6.07, 6.45) is 3.60. The number of rotatable bonds is 5. The van der Waals surface area contributed by atoms with E-state index in [9.17, 15) is 4.79 Å². The lowest BCUT2D eigenvalue weighted by molar-refractivity contribution is 0.0950. The van der Waals surface area contributed by atoms with Gasteiger partial charge in [-0.15, -0.1) is 10.2 Å². The highest BCUT2D eigenvalue weighted by Gasteiger charge is 2.23. The summed E-state index contributed by atoms with van der Waals surface area (Å²) in [5.41, 5.74) is 0.373. The Balaban J connectivity index is 2.09. The fourth-order valence-electron chi connectivity index (χ4n) is 2.60. The van der Waals surface area contributed by atoms with Crippen LogP contribution in [0.3, 0.4) is 0 Å². The Bertz CT molecular complexity index is 432. The molecule has 1 saturated heterocycles. The van der Waals surface area contributed by atoms with Gasteiger partial charge in [-0.05, 0) is 45.4 Å². The molecule has 1 amide bonds. The molecule has 0 aliphatic carbocycles. The highest BCUT2D eigenvalue weighted by Crippen LogP contribution is 2.22. The molecule has 1 aliphatic rings. The van der Waals surface area contributed by atoms with E-state index in [-0.39, 0.29) is 5.91 Å². The van der Waals surface area contributed by atoms with Crippen LogP contribution in [0.5, 0.6) is 0 Å². The Kier molecular flexibility index (Phi) is 5.29. The minimum Gasteiger partial charge on any atom is -0.351 e. The average molecular weight is 277 g/mol. The van der Waals surface area contributed by atoms with Gasteiger partial charge in [-0.2, -0.15) is 0 Å². The standard InChI is InChI=1S/C14H23N5O/c1-3-16-14(20)12-7-8-13(18-17-12)19-9-5-4-6-11(19)10-15-2/h7-8,11,15H,3-6,9-10H2,1-2H3,(H,16,20). The normalized spacial score (nSPS) is 18.9. The summed E-state index contributed by atoms with van der Waals surface area (Å²) in [6, 6.07) is 4.10. The number of piperidine rings is 1. The predicted octanol–water partition coefficient (Wildman–Crippen LogP) is 0.805. The van der Waals surface area contributed by atoms with Crippen molar-refractivity contribution in [3.63, 3.8) is 0 Å². The maximum Gasteiger partial charge on any atom is 0.271 e. The first-order chi connectivity index (χ1) is 9.76. The molecule has 2 heterocycles. The number of hydrogen-bond acceptors (Lipinski definition) is 5. The van der Waals surface area contributed by atoms with Crippen LogP contribution in [0, 0.1) is 0 Å². The molecule has 1 aromatic rings. The zero-order valence-corrected chi connectivity index (χ0v) is 12.2. The highest BCUT2D eigenvalue weighted by molar-refractivity contribution is 5.92. The second-order valence-electron chi connectivity index (χ2n) is 5.04. The summed E-state index contributed by atoms with van der Waals surface area (Å²) in [6.45, 7) is 4.43. The first kappa shape index (κ1) is 14.7. The molecule has 2 N–H and O–H groups in total. The SMILES string of the molecule is CCNC(=O)c1ccc(N2CCCCC2CNC)nn1. The van der Waals surface area contributed by atoms with E-state index in [1.165, 1.54) is 19.3 Å². The van der Waals surface area contributed by atoms with E-state index in [4.69, 9.17) is 0 Å². The number of aromatic nitrogens is 2. The summed E-state index contributed by atoms with van der Waals surface area (Å²) in [5, 5.41) is 14.2. The van der Waals surface area contributed by atoms with E-state index < -0.39 is 0 Å². The number of hydrogen-bond donors (Lipinski definition) is 2. The van der Waals surface area contributed by atoms with Crippen LogP contribution in [-0.4, -0.2) is 48.8 Å². The maximum atomic E-state index is 11.7. The minimum absolute atomic E-state index is 0.169. The Morgan fingerprint density at radius 2 is 2.25 bits per heavy atom. The van der Waals surface area contributed by atoms with Gasteiger partial charge >= 0.3 is 0 Å². The molecular formula is C14H23N5O. The Morgan fingerprint density at radius 3 is 2.90 bits per heavy atom. The molecule has 0 aromatic carbocycles. The average Bonchev–Trinajstić information content (AvgIpc) is 2.49. The Morgan fingerprint density at radius 1 is 1.40 bits per heavy atom. The van der Waals surface area contributed by atoms with Crippen LogP contribution < -0.4 is 15.5 Å². The number of carbonyl (C=O) groups is 1. The fraction of sp³-hybridized carbons (Fsp3) is 0.643. The van der Waals surface area contributed by atoms with Crippen LogP contribution in [0.2, 0.25) is 0 Å². The molecule has 2 rings (SSSR count). The van der Waals surface area contributed by atoms with Gasteiger partial charge in [0.25, 0.3) is 5.91 Å². The van der Waals surface area contributed by atoms with Gasteiger partial charge in [-0.25, -0.2) is 0 Å². The number of carbonyl (C=O) groups excluding carboxylic acids is 1. The van der Waals surface area contributed by atoms with Crippen molar-refractivity contribution >= 4 is 11.7 Å². The van der Waals surface area contributed by atoms with E-state index >= 15 is 0 Å². The maximum absolute atomic E-state index is 11.7. The molecule has 1 atom stereocenters. The number of nitrogens with zero attached hydrogens (tertiary/aromatic N) is 3. The third-order valence-electron chi connectivity index (χ3n) is 3.58. The van der Waals surface area contributed by atoms with Crippen LogP contribution in [0.25, 0.3) is 0 Å². The first-order valence-electron chi connectivity index (χ1n) is 7.29. The van der Waals surface area contributed by atoms with E-state index in [1.54, 1.807) is 6.07 Å². The van der Waals surface area contributed by atoms with E-state index in [0.29, 0.717) is 18.3 Å². The molecule has 20 heavy (non-hydrogen) atoms. The number of anilines is 1. The lowest BCUT2D eigenvalue weighted by Crippen LogP contribution is -2.45. The van der Waals surface area contributed by atoms with Gasteiger partial charge in [0.05, 0.1) is 0 Å². The molecule has 0 spiro atoms. The van der Waals surface area contributed by atoms with Gasteiger partial charge in [0.15, 0.2) is 11.5 Å². The molecule has 6 nitrogen and oxygen atoms in total. The van der Waals surface area contributed by atoms with Gasteiger partial charge in [-0.3, -0.25) is 4.79 Å². The lowest BCUT2D eigenvalue weighted by atomic mass is 10.0. The van der Waals surface area contributed by atoms with Crippen LogP contribution in [0.1, 0.15) is 36.7 Å². The molecule has 1 fully saturated rings. The van der Waals surface area contributed by atoms with Crippen molar-refractivity contribution in [2.75, 3.05) is 31.6 Å². The molecule has 1 unspecified atom stereocenters. The van der Waals surface area contributed by atoms with Gasteiger partial charge in [0.1, 0.15) is 0 Å². The van der Waals surface area contributed by atoms with Crippen LogP contribution >= 0.6 is 0 Å². The fourth-order valence-corrected chi connectivity index (χ4v) is 2.60. The van der Waals surface area contributed by atoms with Crippen LogP contribution in [-0.2, 0) is 0 Å². The van der Waals surface area contributed by atoms with Crippen molar-refractivity contribution in [3.05, 3.63) is 17.8 Å². The van der Waals surface area contributed by atoms with Crippen LogP contribution in [0.4, 0.5) is 5.82 Å². The quantitative estimate of drug-likeness (QED) is 0.833. The zero-order chi connectivity index (χ0) is 14.4. The van der Waals surface area contributed by atoms with Gasteiger partial charge < -0.3 is 15.5 Å². The Labute approximate surface area is 120 Å². The van der Waals surface area contributed by atoms with E-state index in [1.807, 2.05) is 20.0 Å². The molecule has 110 valence electrons. The monoisotopic (exact) mass is 277 g/mol. The second-order valence-corrected chi connectivity index (χ2v) is 5.04. The van der Waals surface area contributed by atoms with Gasteiger partial charge in [0.2, 0.25) is 0 Å². The third-order valence-corrected chi connectivity index (χ3v) is 3.58. The summed E-state index contributed by atoms with van der Waals surface area (Å²) >= 11 is 0. The minimum atomic E-state index is -0.169. The van der Waals surface area contributed by atoms with Gasteiger partial charge in [-0.1, -0.05) is 0 Å². The smallest absolute Gasteiger partial charge is 0.271 e. The molecular weight excluding hydrogens is 254 g/mol. The van der Waals surface area contributed by atoms with Gasteiger partial charge in [0, 0.05) is 25.7 Å². The predicted molar refractivity (Wildman–Crippen MR) is 79.0 cm³/mol. The Hall–Kier alpha value is -1.69. The van der Waals surface area contributed by atoms with Crippen molar-refractivity contribution in [2.45, 2.75) is 32.2 Å². The number of nitrogens with one attached hydrogen (secondary N) is 2. The summed E-state index contributed by atoms with van der Waals surface area (Å²) in [7, 11) is 1.97. The highest BCUT2D eigenvalue weighted by atomic mass is 16.1. The second kappa shape index (κ2) is 7.19. The van der Waals surface area contributed by atoms with Crippen molar-refractivity contribution < 1.29 is 4.79 Å². The van der Waals surface area contributed by atoms with Crippen molar-refractivity contribution in [1.82, 2.24) is 20.8 Å². The molecule has 0 saturated carbocycles. The summed E-state index contributed by atoms with van der Waals surface area (Å²) < 4.78 is 0. The molecule has 1 aromatic heterocycles. The number of amides is 1. The van der Waals surface area contributed by atoms with E-state index in [0.717, 1.165) is 18.9 Å². The lowest BCUT2D eigenvalue weighted by Gasteiger charge is -2.36. The van der Waals surface area contributed by atoms with Crippen molar-refractivity contribution in [1.29, 1.82) is 0 Å². The van der Waals surface area contributed by atoms with Crippen molar-refractivity contribution in [2.24, 2.45) is 0 Å². The molecule has 1 aliphatic heterocycles. The first-order valence-corrected chi connectivity index (χ1v) is 7.29. The zero-order valence-electron chi connectivity index (χ0n) is 12.2. The largest absolute Gasteiger partial charge is 0.351 e. The summed E-state index contributed by atoms with van der Waals surface area (Å²) in [5.74, 6) is 0.690. The molecule has 6 heteroatoms. The molecule has 0 radical (unpaired) electrons. The third kappa shape index (κ3) is 3.45. The van der Waals surface area contributed by atoms with Crippen LogP contribution in [0.15, 0.2) is 12.1 Å². The van der Waals surface area contributed by atoms with Crippen molar-refractivity contribution in [3.8, 4) is 0 Å². The molecule has 0 bridgehead atoms. The summed E-state index contributed by atoms with van der Waals surface area (Å²) in [4.78, 5) is 13.9.